The molecule has 1 N–H and O–H groups in total. The molecule has 0 atom stereocenters. The van der Waals surface area contributed by atoms with Gasteiger partial charge < -0.3 is 10.1 Å². The first kappa shape index (κ1) is 12.4. The summed E-state index contributed by atoms with van der Waals surface area (Å²) in [5.41, 5.74) is 2.19. The first-order valence-electron chi connectivity index (χ1n) is 5.54. The van der Waals surface area contributed by atoms with Gasteiger partial charge in [0.15, 0.2) is 0 Å². The Morgan fingerprint density at radius 1 is 1.31 bits per heavy atom. The maximum Gasteiger partial charge on any atom is 0.119 e. The summed E-state index contributed by atoms with van der Waals surface area (Å²) in [7, 11) is 1.67. The molecule has 86 valence electrons. The third-order valence-electron chi connectivity index (χ3n) is 2.15. The molecule has 0 amide bonds. The van der Waals surface area contributed by atoms with E-state index in [-0.39, 0.29) is 0 Å². The molecule has 0 aromatic heterocycles. The van der Waals surface area contributed by atoms with Crippen molar-refractivity contribution in [3.8, 4) is 5.75 Å². The van der Waals surface area contributed by atoms with Gasteiger partial charge >= 0.3 is 0 Å². The number of benzene rings is 1. The summed E-state index contributed by atoms with van der Waals surface area (Å²) >= 11 is 0. The zero-order valence-corrected chi connectivity index (χ0v) is 10.2. The van der Waals surface area contributed by atoms with Gasteiger partial charge in [0.2, 0.25) is 0 Å². The van der Waals surface area contributed by atoms with Crippen LogP contribution in [0.4, 0.5) is 5.69 Å². The van der Waals surface area contributed by atoms with Crippen LogP contribution in [0.5, 0.6) is 5.75 Å². The summed E-state index contributed by atoms with van der Waals surface area (Å²) in [5, 5.41) is 3.35. The number of allylic oxidation sites excluding steroid dienone is 3. The smallest absolute Gasteiger partial charge is 0.119 e. The van der Waals surface area contributed by atoms with Crippen molar-refractivity contribution in [2.45, 2.75) is 20.3 Å². The van der Waals surface area contributed by atoms with Crippen molar-refractivity contribution >= 4 is 5.69 Å². The van der Waals surface area contributed by atoms with E-state index < -0.39 is 0 Å². The maximum absolute atomic E-state index is 5.11. The van der Waals surface area contributed by atoms with Gasteiger partial charge in [-0.1, -0.05) is 19.1 Å². The van der Waals surface area contributed by atoms with E-state index >= 15 is 0 Å². The van der Waals surface area contributed by atoms with Gasteiger partial charge in [-0.15, -0.1) is 0 Å². The summed E-state index contributed by atoms with van der Waals surface area (Å²) in [4.78, 5) is 0. The SMILES string of the molecule is C/C=C\C(=C/CC)Nc1ccc(OC)cc1. The lowest BCUT2D eigenvalue weighted by atomic mass is 10.2. The summed E-state index contributed by atoms with van der Waals surface area (Å²) in [6, 6.07) is 7.90. The predicted molar refractivity (Wildman–Crippen MR) is 69.8 cm³/mol. The number of nitrogens with one attached hydrogen (secondary N) is 1. The zero-order chi connectivity index (χ0) is 11.8. The van der Waals surface area contributed by atoms with Gasteiger partial charge in [0.05, 0.1) is 7.11 Å². The number of methoxy groups -OCH3 is 1. The normalized spacial score (nSPS) is 11.8. The topological polar surface area (TPSA) is 21.3 Å². The van der Waals surface area contributed by atoms with Crippen molar-refractivity contribution in [3.05, 3.63) is 48.2 Å². The van der Waals surface area contributed by atoms with Crippen LogP contribution in [-0.4, -0.2) is 7.11 Å². The van der Waals surface area contributed by atoms with E-state index in [1.54, 1.807) is 7.11 Å². The Hall–Kier alpha value is -1.70. The largest absolute Gasteiger partial charge is 0.497 e. The number of hydrogen-bond donors (Lipinski definition) is 1. The van der Waals surface area contributed by atoms with Crippen molar-refractivity contribution < 1.29 is 4.74 Å². The Morgan fingerprint density at radius 2 is 2.00 bits per heavy atom. The molecule has 1 rings (SSSR count). The van der Waals surface area contributed by atoms with Gasteiger partial charge in [-0.05, 0) is 43.7 Å². The molecule has 0 fully saturated rings. The number of rotatable bonds is 5. The van der Waals surface area contributed by atoms with Gasteiger partial charge in [-0.2, -0.15) is 0 Å². The minimum atomic E-state index is 0.873. The molecule has 0 radical (unpaired) electrons. The molecule has 2 heteroatoms. The minimum Gasteiger partial charge on any atom is -0.497 e. The van der Waals surface area contributed by atoms with E-state index in [2.05, 4.69) is 24.4 Å². The Labute approximate surface area is 97.6 Å². The van der Waals surface area contributed by atoms with Crippen LogP contribution in [0.15, 0.2) is 48.2 Å². The molecule has 0 spiro atoms. The average molecular weight is 217 g/mol. The maximum atomic E-state index is 5.11. The molecule has 0 unspecified atom stereocenters. The van der Waals surface area contributed by atoms with E-state index in [1.165, 1.54) is 0 Å². The third kappa shape index (κ3) is 3.81. The fraction of sp³-hybridized carbons (Fsp3) is 0.286. The zero-order valence-electron chi connectivity index (χ0n) is 10.2. The summed E-state index contributed by atoms with van der Waals surface area (Å²) in [5.74, 6) is 0.873. The van der Waals surface area contributed by atoms with Crippen molar-refractivity contribution in [1.82, 2.24) is 0 Å². The molecular formula is C14H19NO. The minimum absolute atomic E-state index is 0.873. The van der Waals surface area contributed by atoms with Crippen LogP contribution in [0, 0.1) is 0 Å². The Bertz CT molecular complexity index is 363. The van der Waals surface area contributed by atoms with Crippen LogP contribution < -0.4 is 10.1 Å². The molecular weight excluding hydrogens is 198 g/mol. The predicted octanol–water partition coefficient (Wildman–Crippen LogP) is 3.98. The molecule has 1 aromatic carbocycles. The standard InChI is InChI=1S/C14H19NO/c1-4-6-12(7-5-2)15-13-8-10-14(16-3)11-9-13/h4,6-11,15H,5H2,1-3H3/b6-4-,12-7+. The van der Waals surface area contributed by atoms with Crippen LogP contribution in [0.2, 0.25) is 0 Å². The van der Waals surface area contributed by atoms with Crippen LogP contribution in [-0.2, 0) is 0 Å². The van der Waals surface area contributed by atoms with Crippen LogP contribution >= 0.6 is 0 Å². The first-order valence-corrected chi connectivity index (χ1v) is 5.54. The third-order valence-corrected chi connectivity index (χ3v) is 2.15. The lowest BCUT2D eigenvalue weighted by Crippen LogP contribution is -1.96. The lowest BCUT2D eigenvalue weighted by Gasteiger charge is -2.08. The van der Waals surface area contributed by atoms with Crippen molar-refractivity contribution in [3.63, 3.8) is 0 Å². The quantitative estimate of drug-likeness (QED) is 0.753. The van der Waals surface area contributed by atoms with Crippen LogP contribution in [0.25, 0.3) is 0 Å². The highest BCUT2D eigenvalue weighted by atomic mass is 16.5. The van der Waals surface area contributed by atoms with Crippen LogP contribution in [0.3, 0.4) is 0 Å². The highest BCUT2D eigenvalue weighted by molar-refractivity contribution is 5.52. The monoisotopic (exact) mass is 217 g/mol. The van der Waals surface area contributed by atoms with E-state index in [4.69, 9.17) is 4.74 Å². The molecule has 0 saturated heterocycles. The van der Waals surface area contributed by atoms with Gasteiger partial charge in [0, 0.05) is 11.4 Å². The number of anilines is 1. The second-order valence-corrected chi connectivity index (χ2v) is 3.42. The van der Waals surface area contributed by atoms with Crippen LogP contribution in [0.1, 0.15) is 20.3 Å². The average Bonchev–Trinajstić information content (AvgIpc) is 2.31. The fourth-order valence-electron chi connectivity index (χ4n) is 1.40. The summed E-state index contributed by atoms with van der Waals surface area (Å²) in [6.07, 6.45) is 7.26. The lowest BCUT2D eigenvalue weighted by molar-refractivity contribution is 0.415. The highest BCUT2D eigenvalue weighted by Gasteiger charge is 1.95. The molecule has 16 heavy (non-hydrogen) atoms. The molecule has 0 aliphatic carbocycles. The van der Waals surface area contributed by atoms with Gasteiger partial charge in [-0.25, -0.2) is 0 Å². The van der Waals surface area contributed by atoms with Crippen molar-refractivity contribution in [1.29, 1.82) is 0 Å². The molecule has 0 saturated carbocycles. The van der Waals surface area contributed by atoms with E-state index in [1.807, 2.05) is 37.3 Å². The Balaban J connectivity index is 2.73. The summed E-state index contributed by atoms with van der Waals surface area (Å²) < 4.78 is 5.11. The molecule has 1 aromatic rings. The second kappa shape index (κ2) is 6.72. The molecule has 0 bridgehead atoms. The molecule has 0 heterocycles. The fourth-order valence-corrected chi connectivity index (χ4v) is 1.40. The van der Waals surface area contributed by atoms with E-state index in [0.717, 1.165) is 23.6 Å². The van der Waals surface area contributed by atoms with Gasteiger partial charge in [0.1, 0.15) is 5.75 Å². The van der Waals surface area contributed by atoms with E-state index in [0.29, 0.717) is 0 Å². The first-order chi connectivity index (χ1) is 7.80. The Kier molecular flexibility index (Phi) is 5.20. The summed E-state index contributed by atoms with van der Waals surface area (Å²) in [6.45, 7) is 4.14. The molecule has 0 aliphatic heterocycles. The molecule has 0 aliphatic rings. The van der Waals surface area contributed by atoms with Gasteiger partial charge in [0.25, 0.3) is 0 Å². The highest BCUT2D eigenvalue weighted by Crippen LogP contribution is 2.17. The van der Waals surface area contributed by atoms with Gasteiger partial charge in [-0.3, -0.25) is 0 Å². The van der Waals surface area contributed by atoms with Crippen molar-refractivity contribution in [2.24, 2.45) is 0 Å². The Morgan fingerprint density at radius 3 is 2.50 bits per heavy atom. The number of ether oxygens (including phenoxy) is 1. The van der Waals surface area contributed by atoms with E-state index in [9.17, 15) is 0 Å². The molecule has 2 nitrogen and oxygen atoms in total. The number of hydrogen-bond acceptors (Lipinski definition) is 2. The second-order valence-electron chi connectivity index (χ2n) is 3.42. The van der Waals surface area contributed by atoms with Crippen molar-refractivity contribution in [2.75, 3.05) is 12.4 Å².